The highest BCUT2D eigenvalue weighted by molar-refractivity contribution is 5.41. The van der Waals surface area contributed by atoms with Gasteiger partial charge in [-0.05, 0) is 37.6 Å². The summed E-state index contributed by atoms with van der Waals surface area (Å²) in [5, 5.41) is 9.77. The first kappa shape index (κ1) is 12.2. The second-order valence-corrected chi connectivity index (χ2v) is 4.75. The lowest BCUT2D eigenvalue weighted by atomic mass is 9.90. The first-order valence-electron chi connectivity index (χ1n) is 5.27. The molecule has 2 rings (SSSR count). The second-order valence-electron chi connectivity index (χ2n) is 4.75. The van der Waals surface area contributed by atoms with Crippen LogP contribution in [0.2, 0.25) is 0 Å². The number of benzene rings is 1. The van der Waals surface area contributed by atoms with Crippen LogP contribution in [0.25, 0.3) is 0 Å². The van der Waals surface area contributed by atoms with Crippen LogP contribution < -0.4 is 4.74 Å². The maximum atomic E-state index is 12.5. The van der Waals surface area contributed by atoms with E-state index in [1.807, 2.05) is 0 Å². The van der Waals surface area contributed by atoms with Gasteiger partial charge >= 0.3 is 6.18 Å². The lowest BCUT2D eigenvalue weighted by Crippen LogP contribution is -2.46. The van der Waals surface area contributed by atoms with Gasteiger partial charge in [-0.1, -0.05) is 0 Å². The molecule has 0 saturated heterocycles. The first-order chi connectivity index (χ1) is 7.70. The lowest BCUT2D eigenvalue weighted by Gasteiger charge is -2.37. The van der Waals surface area contributed by atoms with Gasteiger partial charge in [-0.3, -0.25) is 0 Å². The monoisotopic (exact) mass is 246 g/mol. The third kappa shape index (κ3) is 2.24. The molecule has 0 amide bonds. The normalized spacial score (nSPS) is 22.8. The number of hydrogen-bond donors (Lipinski definition) is 1. The Labute approximate surface area is 97.0 Å². The Kier molecular flexibility index (Phi) is 2.61. The number of alkyl halides is 3. The van der Waals surface area contributed by atoms with Crippen molar-refractivity contribution in [3.8, 4) is 5.75 Å². The van der Waals surface area contributed by atoms with Gasteiger partial charge < -0.3 is 9.84 Å². The minimum absolute atomic E-state index is 0.173. The van der Waals surface area contributed by atoms with E-state index >= 15 is 0 Å². The summed E-state index contributed by atoms with van der Waals surface area (Å²) in [4.78, 5) is 0. The Hall–Kier alpha value is -1.23. The summed E-state index contributed by atoms with van der Waals surface area (Å²) in [6.45, 7) is 3.41. The van der Waals surface area contributed by atoms with Gasteiger partial charge in [0.1, 0.15) is 11.4 Å². The number of rotatable bonds is 0. The van der Waals surface area contributed by atoms with E-state index in [1.54, 1.807) is 13.8 Å². The zero-order valence-electron chi connectivity index (χ0n) is 9.51. The minimum Gasteiger partial charge on any atom is -0.485 e. The second kappa shape index (κ2) is 3.63. The number of hydrogen-bond acceptors (Lipinski definition) is 2. The number of ether oxygens (including phenoxy) is 1. The van der Waals surface area contributed by atoms with Gasteiger partial charge in [-0.2, -0.15) is 13.2 Å². The number of fused-ring (bicyclic) bond motifs is 1. The average Bonchev–Trinajstić information content (AvgIpc) is 2.17. The van der Waals surface area contributed by atoms with Gasteiger partial charge in [-0.25, -0.2) is 0 Å². The maximum Gasteiger partial charge on any atom is 0.416 e. The molecule has 0 aliphatic carbocycles. The SMILES string of the molecule is CC1(C)Oc2ccc(C(F)(F)F)cc2CC1O. The molecule has 1 aromatic rings. The number of aliphatic hydroxyl groups is 1. The van der Waals surface area contributed by atoms with Crippen LogP contribution in [-0.2, 0) is 12.6 Å². The molecule has 5 heteroatoms. The molecule has 1 N–H and O–H groups in total. The van der Waals surface area contributed by atoms with Crippen LogP contribution in [0.4, 0.5) is 13.2 Å². The molecule has 1 aliphatic heterocycles. The van der Waals surface area contributed by atoms with E-state index in [0.717, 1.165) is 12.1 Å². The van der Waals surface area contributed by atoms with Crippen molar-refractivity contribution in [3.63, 3.8) is 0 Å². The maximum absolute atomic E-state index is 12.5. The Morgan fingerprint density at radius 2 is 2.00 bits per heavy atom. The summed E-state index contributed by atoms with van der Waals surface area (Å²) in [7, 11) is 0. The molecule has 1 heterocycles. The van der Waals surface area contributed by atoms with Crippen molar-refractivity contribution in [1.82, 2.24) is 0 Å². The smallest absolute Gasteiger partial charge is 0.416 e. The van der Waals surface area contributed by atoms with Gasteiger partial charge in [-0.15, -0.1) is 0 Å². The topological polar surface area (TPSA) is 29.5 Å². The van der Waals surface area contributed by atoms with Crippen molar-refractivity contribution in [2.24, 2.45) is 0 Å². The van der Waals surface area contributed by atoms with Crippen molar-refractivity contribution in [1.29, 1.82) is 0 Å². The zero-order chi connectivity index (χ0) is 12.8. The molecule has 1 atom stereocenters. The van der Waals surface area contributed by atoms with Crippen molar-refractivity contribution in [2.45, 2.75) is 38.1 Å². The van der Waals surface area contributed by atoms with Crippen molar-refractivity contribution >= 4 is 0 Å². The standard InChI is InChI=1S/C12H13F3O2/c1-11(2)10(16)6-7-5-8(12(13,14)15)3-4-9(7)17-11/h3-5,10,16H,6H2,1-2H3. The van der Waals surface area contributed by atoms with Crippen LogP contribution in [0.3, 0.4) is 0 Å². The van der Waals surface area contributed by atoms with E-state index in [0.29, 0.717) is 11.3 Å². The van der Waals surface area contributed by atoms with Gasteiger partial charge in [0.25, 0.3) is 0 Å². The minimum atomic E-state index is -4.37. The zero-order valence-corrected chi connectivity index (χ0v) is 9.51. The van der Waals surface area contributed by atoms with E-state index in [2.05, 4.69) is 0 Å². The molecular formula is C12H13F3O2. The van der Waals surface area contributed by atoms with E-state index in [-0.39, 0.29) is 6.42 Å². The van der Waals surface area contributed by atoms with Gasteiger partial charge in [0.05, 0.1) is 11.7 Å². The summed E-state index contributed by atoms with van der Waals surface area (Å²) in [6.07, 6.45) is -5.00. The molecule has 0 spiro atoms. The lowest BCUT2D eigenvalue weighted by molar-refractivity contribution is -0.137. The van der Waals surface area contributed by atoms with Crippen LogP contribution in [0.1, 0.15) is 25.0 Å². The molecule has 2 nitrogen and oxygen atoms in total. The summed E-state index contributed by atoms with van der Waals surface area (Å²) in [6, 6.07) is 3.34. The highest BCUT2D eigenvalue weighted by Crippen LogP contribution is 2.37. The van der Waals surface area contributed by atoms with Gasteiger partial charge in [0.2, 0.25) is 0 Å². The molecule has 0 fully saturated rings. The molecule has 1 unspecified atom stereocenters. The van der Waals surface area contributed by atoms with E-state index in [9.17, 15) is 18.3 Å². The fraction of sp³-hybridized carbons (Fsp3) is 0.500. The first-order valence-corrected chi connectivity index (χ1v) is 5.27. The Morgan fingerprint density at radius 3 is 2.59 bits per heavy atom. The van der Waals surface area contributed by atoms with Gasteiger partial charge in [0.15, 0.2) is 0 Å². The molecular weight excluding hydrogens is 233 g/mol. The molecule has 94 valence electrons. The average molecular weight is 246 g/mol. The van der Waals surface area contributed by atoms with E-state index in [1.165, 1.54) is 6.07 Å². The molecule has 1 aliphatic rings. The number of aliphatic hydroxyl groups excluding tert-OH is 1. The Balaban J connectivity index is 2.40. The largest absolute Gasteiger partial charge is 0.485 e. The van der Waals surface area contributed by atoms with Crippen LogP contribution in [0.15, 0.2) is 18.2 Å². The fourth-order valence-corrected chi connectivity index (χ4v) is 1.82. The molecule has 17 heavy (non-hydrogen) atoms. The van der Waals surface area contributed by atoms with Crippen LogP contribution >= 0.6 is 0 Å². The predicted octanol–water partition coefficient (Wildman–Crippen LogP) is 2.78. The summed E-state index contributed by atoms with van der Waals surface area (Å²) < 4.78 is 43.0. The van der Waals surface area contributed by atoms with E-state index < -0.39 is 23.4 Å². The van der Waals surface area contributed by atoms with Crippen LogP contribution in [0, 0.1) is 0 Å². The predicted molar refractivity (Wildman–Crippen MR) is 55.9 cm³/mol. The highest BCUT2D eigenvalue weighted by atomic mass is 19.4. The third-order valence-corrected chi connectivity index (χ3v) is 2.98. The van der Waals surface area contributed by atoms with Crippen molar-refractivity contribution in [2.75, 3.05) is 0 Å². The van der Waals surface area contributed by atoms with Crippen molar-refractivity contribution < 1.29 is 23.0 Å². The Bertz CT molecular complexity index is 438. The third-order valence-electron chi connectivity index (χ3n) is 2.98. The van der Waals surface area contributed by atoms with E-state index in [4.69, 9.17) is 4.74 Å². The Morgan fingerprint density at radius 1 is 1.35 bits per heavy atom. The van der Waals surface area contributed by atoms with Crippen LogP contribution in [-0.4, -0.2) is 16.8 Å². The summed E-state index contributed by atoms with van der Waals surface area (Å²) in [5.41, 5.74) is -1.09. The molecule has 0 radical (unpaired) electrons. The molecule has 1 aromatic carbocycles. The van der Waals surface area contributed by atoms with Crippen LogP contribution in [0.5, 0.6) is 5.75 Å². The van der Waals surface area contributed by atoms with Gasteiger partial charge in [0, 0.05) is 6.42 Å². The summed E-state index contributed by atoms with van der Waals surface area (Å²) in [5.74, 6) is 0.410. The quantitative estimate of drug-likeness (QED) is 0.762. The number of halogens is 3. The molecule has 0 aromatic heterocycles. The highest BCUT2D eigenvalue weighted by Gasteiger charge is 2.37. The summed E-state index contributed by atoms with van der Waals surface area (Å²) >= 11 is 0. The molecule has 0 saturated carbocycles. The molecule has 0 bridgehead atoms. The fourth-order valence-electron chi connectivity index (χ4n) is 1.82. The van der Waals surface area contributed by atoms with Crippen molar-refractivity contribution in [3.05, 3.63) is 29.3 Å².